The molecule has 0 aromatic heterocycles. The van der Waals surface area contributed by atoms with Gasteiger partial charge in [-0.3, -0.25) is 4.90 Å². The summed E-state index contributed by atoms with van der Waals surface area (Å²) in [6, 6.07) is 4.36. The fourth-order valence-electron chi connectivity index (χ4n) is 3.88. The molecule has 2 aliphatic rings. The number of nitrogens with one attached hydrogen (secondary N) is 1. The fourth-order valence-corrected chi connectivity index (χ4v) is 3.88. The summed E-state index contributed by atoms with van der Waals surface area (Å²) in [5.41, 5.74) is 0.826. The molecule has 1 N–H and O–H groups in total. The molecule has 1 aromatic rings. The van der Waals surface area contributed by atoms with Gasteiger partial charge in [-0.1, -0.05) is 25.8 Å². The minimum Gasteiger partial charge on any atom is -0.308 e. The van der Waals surface area contributed by atoms with E-state index in [1.807, 2.05) is 0 Å². The van der Waals surface area contributed by atoms with Gasteiger partial charge in [0.05, 0.1) is 0 Å². The summed E-state index contributed by atoms with van der Waals surface area (Å²) in [5.74, 6) is -0.931. The summed E-state index contributed by atoms with van der Waals surface area (Å²) < 4.78 is 27.0. The molecule has 1 aliphatic heterocycles. The molecular formula is C17H24F2N2. The second-order valence-electron chi connectivity index (χ2n) is 6.57. The number of halogens is 2. The fraction of sp³-hybridized carbons (Fsp3) is 0.647. The van der Waals surface area contributed by atoms with Crippen LogP contribution in [0.25, 0.3) is 0 Å². The Labute approximate surface area is 125 Å². The van der Waals surface area contributed by atoms with Crippen molar-refractivity contribution in [2.45, 2.75) is 57.2 Å². The van der Waals surface area contributed by atoms with Crippen molar-refractivity contribution >= 4 is 0 Å². The van der Waals surface area contributed by atoms with Crippen LogP contribution in [0.1, 0.15) is 44.6 Å². The molecule has 1 saturated carbocycles. The van der Waals surface area contributed by atoms with Crippen molar-refractivity contribution in [1.82, 2.24) is 10.2 Å². The Morgan fingerprint density at radius 3 is 2.71 bits per heavy atom. The SMILES string of the molecule is CCC1CNC2(CCCC2)CN1Cc1ccc(F)cc1F. The topological polar surface area (TPSA) is 15.3 Å². The third-order valence-electron chi connectivity index (χ3n) is 5.16. The predicted molar refractivity (Wildman–Crippen MR) is 80.0 cm³/mol. The average molecular weight is 294 g/mol. The molecule has 21 heavy (non-hydrogen) atoms. The molecular weight excluding hydrogens is 270 g/mol. The van der Waals surface area contributed by atoms with Crippen molar-refractivity contribution in [3.05, 3.63) is 35.4 Å². The Balaban J connectivity index is 1.76. The molecule has 1 heterocycles. The monoisotopic (exact) mass is 294 g/mol. The second kappa shape index (κ2) is 6.01. The number of benzene rings is 1. The standard InChI is InChI=1S/C17H24F2N2/c1-2-15-10-20-17(7-3-4-8-17)12-21(15)11-13-5-6-14(18)9-16(13)19/h5-6,9,15,20H,2-4,7-8,10-12H2,1H3. The quantitative estimate of drug-likeness (QED) is 0.918. The van der Waals surface area contributed by atoms with Crippen molar-refractivity contribution < 1.29 is 8.78 Å². The molecule has 0 amide bonds. The van der Waals surface area contributed by atoms with E-state index >= 15 is 0 Å². The van der Waals surface area contributed by atoms with E-state index in [1.54, 1.807) is 6.07 Å². The average Bonchev–Trinajstić information content (AvgIpc) is 2.90. The van der Waals surface area contributed by atoms with Crippen molar-refractivity contribution in [2.75, 3.05) is 13.1 Å². The van der Waals surface area contributed by atoms with Gasteiger partial charge in [-0.15, -0.1) is 0 Å². The first-order valence-electron chi connectivity index (χ1n) is 8.05. The molecule has 0 bridgehead atoms. The van der Waals surface area contributed by atoms with Crippen LogP contribution in [0.4, 0.5) is 8.78 Å². The van der Waals surface area contributed by atoms with E-state index in [4.69, 9.17) is 0 Å². The highest BCUT2D eigenvalue weighted by Gasteiger charge is 2.40. The van der Waals surface area contributed by atoms with Gasteiger partial charge in [0.2, 0.25) is 0 Å². The van der Waals surface area contributed by atoms with Crippen molar-refractivity contribution in [3.63, 3.8) is 0 Å². The Bertz CT molecular complexity index is 498. The maximum absolute atomic E-state index is 13.9. The van der Waals surface area contributed by atoms with E-state index in [2.05, 4.69) is 17.1 Å². The highest BCUT2D eigenvalue weighted by Crippen LogP contribution is 2.34. The van der Waals surface area contributed by atoms with E-state index in [0.29, 0.717) is 18.2 Å². The molecule has 0 radical (unpaired) electrons. The first kappa shape index (κ1) is 14.9. The van der Waals surface area contributed by atoms with Crippen LogP contribution in [0.15, 0.2) is 18.2 Å². The molecule has 116 valence electrons. The minimum atomic E-state index is -0.504. The van der Waals surface area contributed by atoms with E-state index < -0.39 is 11.6 Å². The van der Waals surface area contributed by atoms with Crippen LogP contribution < -0.4 is 5.32 Å². The zero-order valence-corrected chi connectivity index (χ0v) is 12.7. The Kier molecular flexibility index (Phi) is 4.27. The lowest BCUT2D eigenvalue weighted by Gasteiger charge is -2.46. The van der Waals surface area contributed by atoms with E-state index in [-0.39, 0.29) is 5.54 Å². The van der Waals surface area contributed by atoms with Gasteiger partial charge in [0.15, 0.2) is 0 Å². The molecule has 1 atom stereocenters. The number of hydrogen-bond acceptors (Lipinski definition) is 2. The number of nitrogens with zero attached hydrogens (tertiary/aromatic N) is 1. The summed E-state index contributed by atoms with van der Waals surface area (Å²) in [5, 5.41) is 3.74. The van der Waals surface area contributed by atoms with E-state index in [9.17, 15) is 8.78 Å². The van der Waals surface area contributed by atoms with Gasteiger partial charge in [0.25, 0.3) is 0 Å². The van der Waals surface area contributed by atoms with Gasteiger partial charge >= 0.3 is 0 Å². The Morgan fingerprint density at radius 1 is 1.29 bits per heavy atom. The molecule has 2 nitrogen and oxygen atoms in total. The number of rotatable bonds is 3. The molecule has 1 spiro atoms. The van der Waals surface area contributed by atoms with Crippen molar-refractivity contribution in [3.8, 4) is 0 Å². The zero-order valence-electron chi connectivity index (χ0n) is 12.7. The molecule has 1 aliphatic carbocycles. The first-order valence-corrected chi connectivity index (χ1v) is 8.05. The van der Waals surface area contributed by atoms with E-state index in [0.717, 1.165) is 25.6 Å². The lowest BCUT2D eigenvalue weighted by atomic mass is 9.91. The van der Waals surface area contributed by atoms with Crippen LogP contribution in [0, 0.1) is 11.6 Å². The van der Waals surface area contributed by atoms with Crippen LogP contribution in [-0.4, -0.2) is 29.6 Å². The Hall–Kier alpha value is -1.00. The van der Waals surface area contributed by atoms with Gasteiger partial charge in [-0.05, 0) is 25.3 Å². The van der Waals surface area contributed by atoms with E-state index in [1.165, 1.54) is 31.7 Å². The lowest BCUT2D eigenvalue weighted by molar-refractivity contribution is 0.0708. The molecule has 2 fully saturated rings. The maximum Gasteiger partial charge on any atom is 0.130 e. The predicted octanol–water partition coefficient (Wildman–Crippen LogP) is 3.46. The smallest absolute Gasteiger partial charge is 0.130 e. The first-order chi connectivity index (χ1) is 10.1. The highest BCUT2D eigenvalue weighted by molar-refractivity contribution is 5.19. The van der Waals surface area contributed by atoms with Crippen LogP contribution in [0.2, 0.25) is 0 Å². The van der Waals surface area contributed by atoms with Gasteiger partial charge < -0.3 is 5.32 Å². The maximum atomic E-state index is 13.9. The van der Waals surface area contributed by atoms with Crippen LogP contribution in [0.5, 0.6) is 0 Å². The third-order valence-corrected chi connectivity index (χ3v) is 5.16. The molecule has 4 heteroatoms. The minimum absolute atomic E-state index is 0.224. The van der Waals surface area contributed by atoms with Crippen molar-refractivity contribution in [1.29, 1.82) is 0 Å². The molecule has 1 aromatic carbocycles. The summed E-state index contributed by atoms with van der Waals surface area (Å²) in [7, 11) is 0. The van der Waals surface area contributed by atoms with Crippen molar-refractivity contribution in [2.24, 2.45) is 0 Å². The summed E-state index contributed by atoms with van der Waals surface area (Å²) in [6.45, 7) is 4.70. The lowest BCUT2D eigenvalue weighted by Crippen LogP contribution is -2.62. The molecule has 1 unspecified atom stereocenters. The highest BCUT2D eigenvalue weighted by atomic mass is 19.1. The summed E-state index contributed by atoms with van der Waals surface area (Å²) in [4.78, 5) is 2.39. The van der Waals surface area contributed by atoms with Gasteiger partial charge in [0.1, 0.15) is 11.6 Å². The van der Waals surface area contributed by atoms with Crippen LogP contribution in [0.3, 0.4) is 0 Å². The Morgan fingerprint density at radius 2 is 2.05 bits per heavy atom. The number of hydrogen-bond donors (Lipinski definition) is 1. The number of piperazine rings is 1. The molecule has 1 saturated heterocycles. The zero-order chi connectivity index (χ0) is 14.9. The summed E-state index contributed by atoms with van der Waals surface area (Å²) in [6.07, 6.45) is 6.04. The van der Waals surface area contributed by atoms with Gasteiger partial charge in [0, 0.05) is 42.8 Å². The largest absolute Gasteiger partial charge is 0.308 e. The summed E-state index contributed by atoms with van der Waals surface area (Å²) >= 11 is 0. The molecule has 3 rings (SSSR count). The second-order valence-corrected chi connectivity index (χ2v) is 6.57. The van der Waals surface area contributed by atoms with Crippen LogP contribution in [-0.2, 0) is 6.54 Å². The van der Waals surface area contributed by atoms with Gasteiger partial charge in [-0.25, -0.2) is 8.78 Å². The normalized spacial score (nSPS) is 25.6. The van der Waals surface area contributed by atoms with Crippen LogP contribution >= 0.6 is 0 Å². The van der Waals surface area contributed by atoms with Gasteiger partial charge in [-0.2, -0.15) is 0 Å². The third kappa shape index (κ3) is 3.11.